The molecule has 20 heavy (non-hydrogen) atoms. The first-order chi connectivity index (χ1) is 9.05. The Labute approximate surface area is 125 Å². The summed E-state index contributed by atoms with van der Waals surface area (Å²) in [5, 5.41) is 3.18. The van der Waals surface area contributed by atoms with Crippen molar-refractivity contribution in [3.63, 3.8) is 0 Å². The Hall–Kier alpha value is -0.690. The van der Waals surface area contributed by atoms with Crippen LogP contribution >= 0.6 is 12.4 Å². The minimum Gasteiger partial charge on any atom is -0.315 e. The van der Waals surface area contributed by atoms with Crippen LogP contribution in [0.1, 0.15) is 19.8 Å². The van der Waals surface area contributed by atoms with Crippen LogP contribution in [0.5, 0.6) is 0 Å². The van der Waals surface area contributed by atoms with Gasteiger partial charge in [-0.2, -0.15) is 4.31 Å². The smallest absolute Gasteiger partial charge is 0.243 e. The van der Waals surface area contributed by atoms with Crippen LogP contribution in [0.2, 0.25) is 0 Å². The zero-order valence-corrected chi connectivity index (χ0v) is 13.0. The second-order valence-corrected chi connectivity index (χ2v) is 6.61. The van der Waals surface area contributed by atoms with E-state index in [1.807, 2.05) is 6.92 Å². The van der Waals surface area contributed by atoms with E-state index < -0.39 is 15.8 Å². The van der Waals surface area contributed by atoms with Gasteiger partial charge in [0.1, 0.15) is 5.82 Å². The van der Waals surface area contributed by atoms with E-state index in [0.717, 1.165) is 19.4 Å². The maximum atomic E-state index is 12.9. The monoisotopic (exact) mass is 322 g/mol. The van der Waals surface area contributed by atoms with Crippen LogP contribution in [-0.4, -0.2) is 38.4 Å². The van der Waals surface area contributed by atoms with Crippen molar-refractivity contribution >= 4 is 22.4 Å². The topological polar surface area (TPSA) is 49.4 Å². The van der Waals surface area contributed by atoms with Crippen molar-refractivity contribution in [2.45, 2.75) is 30.7 Å². The van der Waals surface area contributed by atoms with Crippen molar-refractivity contribution in [3.8, 4) is 0 Å². The number of hydrogen-bond donors (Lipinski definition) is 1. The number of nitrogens with zero attached hydrogens (tertiary/aromatic N) is 1. The van der Waals surface area contributed by atoms with E-state index in [-0.39, 0.29) is 23.3 Å². The fraction of sp³-hybridized carbons (Fsp3) is 0.538. The van der Waals surface area contributed by atoms with E-state index in [2.05, 4.69) is 5.32 Å². The van der Waals surface area contributed by atoms with Crippen molar-refractivity contribution in [1.82, 2.24) is 9.62 Å². The highest BCUT2D eigenvalue weighted by atomic mass is 35.5. The van der Waals surface area contributed by atoms with Gasteiger partial charge in [0.25, 0.3) is 0 Å². The van der Waals surface area contributed by atoms with Crippen LogP contribution in [0.15, 0.2) is 29.2 Å². The Morgan fingerprint density at radius 1 is 1.35 bits per heavy atom. The number of benzene rings is 1. The van der Waals surface area contributed by atoms with Crippen LogP contribution in [0.25, 0.3) is 0 Å². The third-order valence-corrected chi connectivity index (χ3v) is 5.27. The molecule has 1 heterocycles. The van der Waals surface area contributed by atoms with E-state index in [9.17, 15) is 12.8 Å². The molecule has 1 aliphatic heterocycles. The normalized spacial score (nSPS) is 19.1. The van der Waals surface area contributed by atoms with Gasteiger partial charge in [-0.1, -0.05) is 6.92 Å². The first-order valence-corrected chi connectivity index (χ1v) is 7.98. The van der Waals surface area contributed by atoms with Gasteiger partial charge in [-0.25, -0.2) is 12.8 Å². The van der Waals surface area contributed by atoms with Crippen molar-refractivity contribution in [2.75, 3.05) is 19.6 Å². The lowest BCUT2D eigenvalue weighted by molar-refractivity contribution is 0.335. The quantitative estimate of drug-likeness (QED) is 0.902. The van der Waals surface area contributed by atoms with Gasteiger partial charge in [0, 0.05) is 19.1 Å². The van der Waals surface area contributed by atoms with Gasteiger partial charge in [-0.05, 0) is 43.7 Å². The first-order valence-electron chi connectivity index (χ1n) is 6.54. The average Bonchev–Trinajstić information content (AvgIpc) is 2.89. The van der Waals surface area contributed by atoms with Gasteiger partial charge < -0.3 is 5.32 Å². The summed E-state index contributed by atoms with van der Waals surface area (Å²) in [6, 6.07) is 5.02. The molecule has 1 unspecified atom stereocenters. The summed E-state index contributed by atoms with van der Waals surface area (Å²) in [4.78, 5) is 0.161. The number of hydrogen-bond acceptors (Lipinski definition) is 3. The molecule has 0 spiro atoms. The molecule has 114 valence electrons. The largest absolute Gasteiger partial charge is 0.315 e. The Kier molecular flexibility index (Phi) is 6.39. The second-order valence-electron chi connectivity index (χ2n) is 4.72. The van der Waals surface area contributed by atoms with E-state index in [4.69, 9.17) is 0 Å². The molecule has 0 radical (unpaired) electrons. The molecular weight excluding hydrogens is 303 g/mol. The summed E-state index contributed by atoms with van der Waals surface area (Å²) in [6.07, 6.45) is 1.58. The lowest BCUT2D eigenvalue weighted by atomic mass is 10.2. The molecule has 1 saturated heterocycles. The molecule has 2 rings (SSSR count). The third kappa shape index (κ3) is 3.69. The molecule has 4 nitrogen and oxygen atoms in total. The van der Waals surface area contributed by atoms with Gasteiger partial charge in [0.05, 0.1) is 4.90 Å². The molecule has 1 fully saturated rings. The van der Waals surface area contributed by atoms with E-state index in [1.165, 1.54) is 24.3 Å². The van der Waals surface area contributed by atoms with Crippen molar-refractivity contribution in [3.05, 3.63) is 30.1 Å². The van der Waals surface area contributed by atoms with Gasteiger partial charge in [-0.3, -0.25) is 0 Å². The Morgan fingerprint density at radius 3 is 2.50 bits per heavy atom. The molecule has 7 heteroatoms. The van der Waals surface area contributed by atoms with Crippen LogP contribution in [0.4, 0.5) is 4.39 Å². The summed E-state index contributed by atoms with van der Waals surface area (Å²) >= 11 is 0. The minimum atomic E-state index is -3.54. The fourth-order valence-corrected chi connectivity index (χ4v) is 4.09. The van der Waals surface area contributed by atoms with Crippen LogP contribution in [-0.2, 0) is 10.0 Å². The molecule has 1 atom stereocenters. The number of sulfonamides is 1. The first kappa shape index (κ1) is 17.4. The summed E-state index contributed by atoms with van der Waals surface area (Å²) in [5.74, 6) is -0.427. The van der Waals surface area contributed by atoms with E-state index in [1.54, 1.807) is 4.31 Å². The standard InChI is InChI=1S/C13H19FN2O2S.ClH/c1-2-9-16(12-7-8-15-10-12)19(17,18)13-5-3-11(14)4-6-13;/h3-6,12,15H,2,7-10H2,1H3;1H. The highest BCUT2D eigenvalue weighted by Crippen LogP contribution is 2.21. The predicted molar refractivity (Wildman–Crippen MR) is 79.1 cm³/mol. The van der Waals surface area contributed by atoms with Gasteiger partial charge in [-0.15, -0.1) is 12.4 Å². The van der Waals surface area contributed by atoms with E-state index in [0.29, 0.717) is 13.1 Å². The van der Waals surface area contributed by atoms with Gasteiger partial charge >= 0.3 is 0 Å². The molecule has 1 aromatic carbocycles. The lowest BCUT2D eigenvalue weighted by Crippen LogP contribution is -2.41. The molecule has 1 aliphatic rings. The molecule has 0 aliphatic carbocycles. The Bertz CT molecular complexity index is 516. The maximum Gasteiger partial charge on any atom is 0.243 e. The Morgan fingerprint density at radius 2 is 2.00 bits per heavy atom. The zero-order valence-electron chi connectivity index (χ0n) is 11.4. The SMILES string of the molecule is CCCN(C1CCNC1)S(=O)(=O)c1ccc(F)cc1.Cl. The number of rotatable bonds is 5. The third-order valence-electron chi connectivity index (χ3n) is 3.31. The molecule has 0 amide bonds. The average molecular weight is 323 g/mol. The summed E-state index contributed by atoms with van der Waals surface area (Å²) in [7, 11) is -3.54. The summed E-state index contributed by atoms with van der Waals surface area (Å²) in [5.41, 5.74) is 0. The van der Waals surface area contributed by atoms with Crippen LogP contribution in [0.3, 0.4) is 0 Å². The molecule has 0 bridgehead atoms. The molecule has 1 N–H and O–H groups in total. The van der Waals surface area contributed by atoms with E-state index >= 15 is 0 Å². The van der Waals surface area contributed by atoms with Gasteiger partial charge in [0.2, 0.25) is 10.0 Å². The van der Waals surface area contributed by atoms with Crippen LogP contribution in [0, 0.1) is 5.82 Å². The minimum absolute atomic E-state index is 0. The Balaban J connectivity index is 0.00000200. The summed E-state index contributed by atoms with van der Waals surface area (Å²) in [6.45, 7) is 3.96. The van der Waals surface area contributed by atoms with Crippen molar-refractivity contribution in [2.24, 2.45) is 0 Å². The molecule has 0 aromatic heterocycles. The molecule has 0 saturated carbocycles. The van der Waals surface area contributed by atoms with Crippen LogP contribution < -0.4 is 5.32 Å². The molecular formula is C13H20ClFN2O2S. The fourth-order valence-electron chi connectivity index (χ4n) is 2.35. The number of halogens is 2. The van der Waals surface area contributed by atoms with Gasteiger partial charge in [0.15, 0.2) is 0 Å². The summed E-state index contributed by atoms with van der Waals surface area (Å²) < 4.78 is 39.6. The highest BCUT2D eigenvalue weighted by Gasteiger charge is 2.32. The lowest BCUT2D eigenvalue weighted by Gasteiger charge is -2.27. The second kappa shape index (κ2) is 7.36. The maximum absolute atomic E-state index is 12.9. The zero-order chi connectivity index (χ0) is 13.9. The molecule has 1 aromatic rings. The van der Waals surface area contributed by atoms with Crippen molar-refractivity contribution in [1.29, 1.82) is 0 Å². The number of nitrogens with one attached hydrogen (secondary N) is 1. The van der Waals surface area contributed by atoms with Crippen molar-refractivity contribution < 1.29 is 12.8 Å². The highest BCUT2D eigenvalue weighted by molar-refractivity contribution is 7.89. The predicted octanol–water partition coefficient (Wildman–Crippen LogP) is 2.01.